The highest BCUT2D eigenvalue weighted by Gasteiger charge is 2.23. The highest BCUT2D eigenvalue weighted by Crippen LogP contribution is 2.30. The van der Waals surface area contributed by atoms with Crippen LogP contribution in [0.4, 0.5) is 5.69 Å². The van der Waals surface area contributed by atoms with Crippen LogP contribution in [0.5, 0.6) is 0 Å². The lowest BCUT2D eigenvalue weighted by Crippen LogP contribution is -2.29. The first-order chi connectivity index (χ1) is 10.7. The molecule has 118 valence electrons. The molecule has 0 spiro atoms. The van der Waals surface area contributed by atoms with Crippen molar-refractivity contribution in [3.05, 3.63) is 24.0 Å². The van der Waals surface area contributed by atoms with Crippen molar-refractivity contribution in [3.8, 4) is 0 Å². The largest absolute Gasteiger partial charge is 0.462 e. The Labute approximate surface area is 128 Å². The van der Waals surface area contributed by atoms with Crippen molar-refractivity contribution < 1.29 is 14.6 Å². The number of carbonyl (C=O) groups excluding carboxylic acids is 1. The molecule has 0 unspecified atom stereocenters. The minimum Gasteiger partial charge on any atom is -0.462 e. The molecule has 3 rings (SSSR count). The average molecular weight is 303 g/mol. The standard InChI is InChI=1S/C16H21N3O3/c1-2-22-16(21)13-9-18-15-12(7-8-17-15)14(13)19-10-3-5-11(20)6-4-10/h7-11,20H,2-6H2,1H3,(H2,17,18,19)/t10-,11+. The van der Waals surface area contributed by atoms with Gasteiger partial charge in [-0.25, -0.2) is 9.78 Å². The number of aliphatic hydroxyl groups is 1. The van der Waals surface area contributed by atoms with Crippen LogP contribution >= 0.6 is 0 Å². The molecule has 3 N–H and O–H groups in total. The second-order valence-corrected chi connectivity index (χ2v) is 5.66. The van der Waals surface area contributed by atoms with E-state index >= 15 is 0 Å². The first kappa shape index (κ1) is 14.8. The predicted octanol–water partition coefficient (Wildman–Crippen LogP) is 2.46. The fourth-order valence-corrected chi connectivity index (χ4v) is 2.95. The second kappa shape index (κ2) is 6.36. The highest BCUT2D eigenvalue weighted by atomic mass is 16.5. The van der Waals surface area contributed by atoms with Gasteiger partial charge < -0.3 is 20.1 Å². The van der Waals surface area contributed by atoms with Gasteiger partial charge in [-0.05, 0) is 38.7 Å². The summed E-state index contributed by atoms with van der Waals surface area (Å²) in [6, 6.07) is 2.16. The molecule has 1 fully saturated rings. The van der Waals surface area contributed by atoms with Gasteiger partial charge in [0.25, 0.3) is 0 Å². The molecule has 1 saturated carbocycles. The number of H-pyrrole nitrogens is 1. The maximum absolute atomic E-state index is 12.2. The summed E-state index contributed by atoms with van der Waals surface area (Å²) in [6.07, 6.45) is 6.50. The number of ether oxygens (including phenoxy) is 1. The zero-order chi connectivity index (χ0) is 15.5. The number of nitrogens with zero attached hydrogens (tertiary/aromatic N) is 1. The summed E-state index contributed by atoms with van der Waals surface area (Å²) in [7, 11) is 0. The lowest BCUT2D eigenvalue weighted by Gasteiger charge is -2.28. The first-order valence-electron chi connectivity index (χ1n) is 7.77. The molecule has 1 aliphatic rings. The molecule has 6 nitrogen and oxygen atoms in total. The Balaban J connectivity index is 1.92. The van der Waals surface area contributed by atoms with Crippen molar-refractivity contribution in [2.24, 2.45) is 0 Å². The topological polar surface area (TPSA) is 87.2 Å². The summed E-state index contributed by atoms with van der Waals surface area (Å²) >= 11 is 0. The van der Waals surface area contributed by atoms with Gasteiger partial charge in [0.15, 0.2) is 0 Å². The van der Waals surface area contributed by atoms with Gasteiger partial charge in [-0.1, -0.05) is 0 Å². The summed E-state index contributed by atoms with van der Waals surface area (Å²) in [4.78, 5) is 19.5. The number of esters is 1. The monoisotopic (exact) mass is 303 g/mol. The number of rotatable bonds is 4. The van der Waals surface area contributed by atoms with Crippen LogP contribution in [0.1, 0.15) is 43.0 Å². The Morgan fingerprint density at radius 1 is 1.45 bits per heavy atom. The van der Waals surface area contributed by atoms with Gasteiger partial charge >= 0.3 is 5.97 Å². The van der Waals surface area contributed by atoms with Crippen LogP contribution in [0.2, 0.25) is 0 Å². The van der Waals surface area contributed by atoms with Gasteiger partial charge in [-0.3, -0.25) is 0 Å². The number of nitrogens with one attached hydrogen (secondary N) is 2. The molecule has 0 amide bonds. The Bertz CT molecular complexity index is 660. The molecule has 0 saturated heterocycles. The molecule has 2 aromatic heterocycles. The number of hydrogen-bond acceptors (Lipinski definition) is 5. The number of pyridine rings is 1. The quantitative estimate of drug-likeness (QED) is 0.755. The van der Waals surface area contributed by atoms with E-state index in [1.807, 2.05) is 12.3 Å². The number of aromatic nitrogens is 2. The Morgan fingerprint density at radius 2 is 2.23 bits per heavy atom. The van der Waals surface area contributed by atoms with E-state index < -0.39 is 0 Å². The molecule has 0 aliphatic heterocycles. The number of anilines is 1. The molecule has 22 heavy (non-hydrogen) atoms. The smallest absolute Gasteiger partial charge is 0.341 e. The third-order valence-corrected chi connectivity index (χ3v) is 4.13. The van der Waals surface area contributed by atoms with Crippen LogP contribution < -0.4 is 5.32 Å². The second-order valence-electron chi connectivity index (χ2n) is 5.66. The zero-order valence-corrected chi connectivity index (χ0v) is 12.6. The fraction of sp³-hybridized carbons (Fsp3) is 0.500. The number of fused-ring (bicyclic) bond motifs is 1. The van der Waals surface area contributed by atoms with Gasteiger partial charge in [0.2, 0.25) is 0 Å². The van der Waals surface area contributed by atoms with E-state index in [0.29, 0.717) is 12.2 Å². The minimum absolute atomic E-state index is 0.202. The van der Waals surface area contributed by atoms with E-state index in [-0.39, 0.29) is 18.1 Å². The molecule has 0 atom stereocenters. The van der Waals surface area contributed by atoms with Crippen molar-refractivity contribution in [1.29, 1.82) is 0 Å². The van der Waals surface area contributed by atoms with Crippen LogP contribution in [0.25, 0.3) is 11.0 Å². The fourth-order valence-electron chi connectivity index (χ4n) is 2.95. The van der Waals surface area contributed by atoms with Gasteiger partial charge in [-0.2, -0.15) is 0 Å². The summed E-state index contributed by atoms with van der Waals surface area (Å²) < 4.78 is 5.13. The van der Waals surface area contributed by atoms with Crippen LogP contribution in [0.3, 0.4) is 0 Å². The predicted molar refractivity (Wildman–Crippen MR) is 83.9 cm³/mol. The summed E-state index contributed by atoms with van der Waals surface area (Å²) in [5, 5.41) is 14.0. The summed E-state index contributed by atoms with van der Waals surface area (Å²) in [6.45, 7) is 2.12. The Hall–Kier alpha value is -2.08. The van der Waals surface area contributed by atoms with Crippen LogP contribution in [0.15, 0.2) is 18.5 Å². The van der Waals surface area contributed by atoms with Crippen LogP contribution in [-0.4, -0.2) is 39.8 Å². The molecule has 0 radical (unpaired) electrons. The van der Waals surface area contributed by atoms with Gasteiger partial charge in [0.1, 0.15) is 11.2 Å². The lowest BCUT2D eigenvalue weighted by atomic mass is 9.92. The first-order valence-corrected chi connectivity index (χ1v) is 7.77. The van der Waals surface area contributed by atoms with Crippen LogP contribution in [0, 0.1) is 0 Å². The average Bonchev–Trinajstić information content (AvgIpc) is 2.99. The van der Waals surface area contributed by atoms with E-state index in [4.69, 9.17) is 4.74 Å². The van der Waals surface area contributed by atoms with Gasteiger partial charge in [0.05, 0.1) is 18.4 Å². The lowest BCUT2D eigenvalue weighted by molar-refractivity contribution is 0.0527. The maximum atomic E-state index is 12.2. The highest BCUT2D eigenvalue weighted by molar-refractivity contribution is 6.04. The van der Waals surface area contributed by atoms with E-state index in [2.05, 4.69) is 15.3 Å². The van der Waals surface area contributed by atoms with Crippen molar-refractivity contribution in [2.75, 3.05) is 11.9 Å². The van der Waals surface area contributed by atoms with E-state index in [1.165, 1.54) is 0 Å². The summed E-state index contributed by atoms with van der Waals surface area (Å²) in [5.74, 6) is -0.364. The van der Waals surface area contributed by atoms with E-state index in [1.54, 1.807) is 13.1 Å². The van der Waals surface area contributed by atoms with Gasteiger partial charge in [0, 0.05) is 23.8 Å². The van der Waals surface area contributed by atoms with E-state index in [9.17, 15) is 9.90 Å². The maximum Gasteiger partial charge on any atom is 0.341 e. The molecule has 0 aromatic carbocycles. The number of carbonyl (C=O) groups is 1. The molecule has 0 bridgehead atoms. The molecule has 6 heteroatoms. The summed E-state index contributed by atoms with van der Waals surface area (Å²) in [5.41, 5.74) is 1.97. The molecule has 2 aromatic rings. The number of hydrogen-bond donors (Lipinski definition) is 3. The molecular formula is C16H21N3O3. The Morgan fingerprint density at radius 3 is 2.95 bits per heavy atom. The van der Waals surface area contributed by atoms with Crippen molar-refractivity contribution in [3.63, 3.8) is 0 Å². The van der Waals surface area contributed by atoms with Crippen molar-refractivity contribution >= 4 is 22.7 Å². The molecular weight excluding hydrogens is 282 g/mol. The molecule has 2 heterocycles. The minimum atomic E-state index is -0.364. The third kappa shape index (κ3) is 2.92. The molecule has 1 aliphatic carbocycles. The Kier molecular flexibility index (Phi) is 4.29. The number of aliphatic hydroxyl groups excluding tert-OH is 1. The van der Waals surface area contributed by atoms with Gasteiger partial charge in [-0.15, -0.1) is 0 Å². The van der Waals surface area contributed by atoms with Crippen LogP contribution in [-0.2, 0) is 4.74 Å². The van der Waals surface area contributed by atoms with Crippen molar-refractivity contribution in [1.82, 2.24) is 9.97 Å². The zero-order valence-electron chi connectivity index (χ0n) is 12.6. The third-order valence-electron chi connectivity index (χ3n) is 4.13. The van der Waals surface area contributed by atoms with Crippen molar-refractivity contribution in [2.45, 2.75) is 44.8 Å². The normalized spacial score (nSPS) is 21.7. The SMILES string of the molecule is CCOC(=O)c1cnc2[nH]ccc2c1N[C@H]1CC[C@@H](O)CC1. The number of aromatic amines is 1. The van der Waals surface area contributed by atoms with E-state index in [0.717, 1.165) is 42.4 Å².